The normalized spacial score (nSPS) is 27.5. The number of nitrogen functional groups attached to an aromatic ring is 1. The molecule has 18 heavy (non-hydrogen) atoms. The van der Waals surface area contributed by atoms with E-state index >= 15 is 0 Å². The minimum absolute atomic E-state index is 0.193. The first kappa shape index (κ1) is 12.7. The molecule has 1 saturated carbocycles. The Bertz CT molecular complexity index is 467. The van der Waals surface area contributed by atoms with Crippen LogP contribution in [-0.2, 0) is 0 Å². The van der Waals surface area contributed by atoms with Crippen molar-refractivity contribution in [1.29, 1.82) is 5.26 Å². The number of hydrogen-bond donors (Lipinski definition) is 1. The highest BCUT2D eigenvalue weighted by atomic mass is 16.5. The monoisotopic (exact) mass is 245 g/mol. The van der Waals surface area contributed by atoms with E-state index in [-0.39, 0.29) is 6.10 Å². The molecule has 0 saturated heterocycles. The fraction of sp³-hybridized carbons (Fsp3) is 0.571. The molecule has 0 amide bonds. The maximum atomic E-state index is 8.75. The Morgan fingerprint density at radius 2 is 2.17 bits per heavy atom. The molecular formula is C14H19N3O. The third-order valence-corrected chi connectivity index (χ3v) is 3.84. The Morgan fingerprint density at radius 3 is 2.78 bits per heavy atom. The second-order valence-electron chi connectivity index (χ2n) is 5.24. The van der Waals surface area contributed by atoms with Gasteiger partial charge in [-0.2, -0.15) is 5.26 Å². The molecule has 0 spiro atoms. The first-order valence-corrected chi connectivity index (χ1v) is 6.42. The van der Waals surface area contributed by atoms with Crippen molar-refractivity contribution >= 4 is 5.69 Å². The predicted octanol–water partition coefficient (Wildman–Crippen LogP) is 2.74. The van der Waals surface area contributed by atoms with Crippen LogP contribution in [0.4, 0.5) is 5.69 Å². The molecule has 1 heterocycles. The van der Waals surface area contributed by atoms with E-state index in [1.165, 1.54) is 12.6 Å². The Kier molecular flexibility index (Phi) is 3.71. The Hall–Kier alpha value is -1.76. The van der Waals surface area contributed by atoms with E-state index < -0.39 is 0 Å². The number of anilines is 1. The number of hydrogen-bond acceptors (Lipinski definition) is 4. The summed E-state index contributed by atoms with van der Waals surface area (Å²) in [7, 11) is 0. The van der Waals surface area contributed by atoms with Crippen LogP contribution in [-0.4, -0.2) is 11.1 Å². The summed E-state index contributed by atoms with van der Waals surface area (Å²) in [6.07, 6.45) is 4.97. The Morgan fingerprint density at radius 1 is 1.39 bits per heavy atom. The molecule has 4 nitrogen and oxygen atoms in total. The lowest BCUT2D eigenvalue weighted by atomic mass is 9.80. The van der Waals surface area contributed by atoms with E-state index in [0.29, 0.717) is 23.0 Å². The first-order chi connectivity index (χ1) is 8.60. The van der Waals surface area contributed by atoms with Gasteiger partial charge in [-0.1, -0.05) is 13.8 Å². The third-order valence-electron chi connectivity index (χ3n) is 3.84. The zero-order chi connectivity index (χ0) is 13.1. The molecule has 3 atom stereocenters. The highest BCUT2D eigenvalue weighted by molar-refractivity contribution is 5.52. The van der Waals surface area contributed by atoms with Crippen molar-refractivity contribution in [2.75, 3.05) is 5.73 Å². The maximum absolute atomic E-state index is 8.75. The number of aromatic nitrogens is 1. The van der Waals surface area contributed by atoms with Gasteiger partial charge in [-0.25, -0.2) is 4.98 Å². The molecule has 4 heteroatoms. The zero-order valence-electron chi connectivity index (χ0n) is 10.9. The smallest absolute Gasteiger partial charge is 0.237 e. The fourth-order valence-corrected chi connectivity index (χ4v) is 2.39. The molecule has 0 bridgehead atoms. The van der Waals surface area contributed by atoms with Crippen molar-refractivity contribution in [2.45, 2.75) is 39.2 Å². The van der Waals surface area contributed by atoms with Gasteiger partial charge >= 0.3 is 0 Å². The lowest BCUT2D eigenvalue weighted by Gasteiger charge is -2.32. The molecule has 1 aromatic rings. The number of rotatable bonds is 2. The van der Waals surface area contributed by atoms with Crippen LogP contribution in [0.25, 0.3) is 0 Å². The second kappa shape index (κ2) is 5.26. The summed E-state index contributed by atoms with van der Waals surface area (Å²) in [6, 6.07) is 3.62. The lowest BCUT2D eigenvalue weighted by Crippen LogP contribution is -2.29. The van der Waals surface area contributed by atoms with Crippen molar-refractivity contribution in [3.8, 4) is 11.9 Å². The standard InChI is InChI=1S/C14H19N3O/c1-9-3-4-12(5-10(9)2)18-14-13(16)6-11(7-15)8-17-14/h6,8-10,12H,3-5,16H2,1-2H3. The van der Waals surface area contributed by atoms with Crippen LogP contribution < -0.4 is 10.5 Å². The molecular weight excluding hydrogens is 226 g/mol. The molecule has 0 aromatic carbocycles. The third kappa shape index (κ3) is 2.73. The summed E-state index contributed by atoms with van der Waals surface area (Å²) >= 11 is 0. The number of ether oxygens (including phenoxy) is 1. The van der Waals surface area contributed by atoms with E-state index in [4.69, 9.17) is 15.7 Å². The van der Waals surface area contributed by atoms with Gasteiger partial charge in [0.05, 0.1) is 11.3 Å². The molecule has 2 N–H and O–H groups in total. The van der Waals surface area contributed by atoms with E-state index in [1.807, 2.05) is 6.07 Å². The first-order valence-electron chi connectivity index (χ1n) is 6.42. The summed E-state index contributed by atoms with van der Waals surface area (Å²) in [5.74, 6) is 1.89. The Balaban J connectivity index is 2.04. The molecule has 96 valence electrons. The van der Waals surface area contributed by atoms with Gasteiger partial charge in [-0.15, -0.1) is 0 Å². The average Bonchev–Trinajstić information content (AvgIpc) is 2.36. The molecule has 0 aliphatic heterocycles. The van der Waals surface area contributed by atoms with E-state index in [0.717, 1.165) is 18.8 Å². The van der Waals surface area contributed by atoms with Crippen LogP contribution in [0, 0.1) is 23.2 Å². The maximum Gasteiger partial charge on any atom is 0.237 e. The average molecular weight is 245 g/mol. The number of pyridine rings is 1. The number of nitrogens with zero attached hydrogens (tertiary/aromatic N) is 2. The minimum atomic E-state index is 0.193. The molecule has 3 unspecified atom stereocenters. The van der Waals surface area contributed by atoms with Crippen molar-refractivity contribution in [3.63, 3.8) is 0 Å². The van der Waals surface area contributed by atoms with Crippen LogP contribution in [0.5, 0.6) is 5.88 Å². The van der Waals surface area contributed by atoms with Crippen LogP contribution in [0.2, 0.25) is 0 Å². The summed E-state index contributed by atoms with van der Waals surface area (Å²) < 4.78 is 5.86. The molecule has 1 aliphatic rings. The van der Waals surface area contributed by atoms with Crippen LogP contribution >= 0.6 is 0 Å². The fourth-order valence-electron chi connectivity index (χ4n) is 2.39. The predicted molar refractivity (Wildman–Crippen MR) is 70.0 cm³/mol. The van der Waals surface area contributed by atoms with Gasteiger partial charge in [0.2, 0.25) is 5.88 Å². The van der Waals surface area contributed by atoms with E-state index in [1.54, 1.807) is 6.07 Å². The summed E-state index contributed by atoms with van der Waals surface area (Å²) in [6.45, 7) is 4.55. The van der Waals surface area contributed by atoms with E-state index in [9.17, 15) is 0 Å². The molecule has 1 aromatic heterocycles. The van der Waals surface area contributed by atoms with Gasteiger partial charge in [0.25, 0.3) is 0 Å². The van der Waals surface area contributed by atoms with Gasteiger partial charge in [0, 0.05) is 6.20 Å². The molecule has 1 aliphatic carbocycles. The highest BCUT2D eigenvalue weighted by Gasteiger charge is 2.26. The number of nitrogens with two attached hydrogens (primary N) is 1. The molecule has 2 rings (SSSR count). The number of nitriles is 1. The van der Waals surface area contributed by atoms with Gasteiger partial charge in [0.1, 0.15) is 12.2 Å². The van der Waals surface area contributed by atoms with Gasteiger partial charge < -0.3 is 10.5 Å². The zero-order valence-corrected chi connectivity index (χ0v) is 10.9. The molecule has 0 radical (unpaired) electrons. The molecule has 1 fully saturated rings. The SMILES string of the molecule is CC1CCC(Oc2ncc(C#N)cc2N)CC1C. The minimum Gasteiger partial charge on any atom is -0.473 e. The van der Waals surface area contributed by atoms with Crippen molar-refractivity contribution < 1.29 is 4.74 Å². The van der Waals surface area contributed by atoms with Crippen LogP contribution in [0.3, 0.4) is 0 Å². The van der Waals surface area contributed by atoms with Crippen LogP contribution in [0.1, 0.15) is 38.7 Å². The summed E-state index contributed by atoms with van der Waals surface area (Å²) in [5.41, 5.74) is 6.75. The van der Waals surface area contributed by atoms with Crippen molar-refractivity contribution in [2.24, 2.45) is 11.8 Å². The lowest BCUT2D eigenvalue weighted by molar-refractivity contribution is 0.0972. The second-order valence-corrected chi connectivity index (χ2v) is 5.24. The Labute approximate surface area is 108 Å². The van der Waals surface area contributed by atoms with Crippen molar-refractivity contribution in [1.82, 2.24) is 4.98 Å². The quantitative estimate of drug-likeness (QED) is 0.869. The van der Waals surface area contributed by atoms with Gasteiger partial charge in [-0.3, -0.25) is 0 Å². The summed E-state index contributed by atoms with van der Waals surface area (Å²) in [4.78, 5) is 4.12. The van der Waals surface area contributed by atoms with Gasteiger partial charge in [-0.05, 0) is 37.2 Å². The van der Waals surface area contributed by atoms with Crippen LogP contribution in [0.15, 0.2) is 12.3 Å². The largest absolute Gasteiger partial charge is 0.473 e. The highest BCUT2D eigenvalue weighted by Crippen LogP contribution is 2.32. The summed E-state index contributed by atoms with van der Waals surface area (Å²) in [5, 5.41) is 8.75. The van der Waals surface area contributed by atoms with Crippen molar-refractivity contribution in [3.05, 3.63) is 17.8 Å². The van der Waals surface area contributed by atoms with E-state index in [2.05, 4.69) is 18.8 Å². The van der Waals surface area contributed by atoms with Gasteiger partial charge in [0.15, 0.2) is 0 Å². The topological polar surface area (TPSA) is 71.9 Å².